The lowest BCUT2D eigenvalue weighted by Crippen LogP contribution is -2.39. The Morgan fingerprint density at radius 2 is 2.12 bits per heavy atom. The topological polar surface area (TPSA) is 41.2 Å². The molecule has 3 aromatic rings. The van der Waals surface area contributed by atoms with Crippen molar-refractivity contribution < 1.29 is 4.74 Å². The molecular formula is C21H25N3OS. The number of H-pyrrole nitrogens is 1. The fraction of sp³-hybridized carbons (Fsp3) is 0.333. The van der Waals surface area contributed by atoms with Crippen molar-refractivity contribution in [2.24, 2.45) is 0 Å². The third kappa shape index (κ3) is 3.41. The van der Waals surface area contributed by atoms with Crippen LogP contribution >= 0.6 is 10.5 Å². The van der Waals surface area contributed by atoms with E-state index < -0.39 is 0 Å². The van der Waals surface area contributed by atoms with Crippen LogP contribution in [0.15, 0.2) is 53.4 Å². The first kappa shape index (κ1) is 17.3. The van der Waals surface area contributed by atoms with E-state index >= 15 is 0 Å². The summed E-state index contributed by atoms with van der Waals surface area (Å²) in [6, 6.07) is 17.0. The van der Waals surface area contributed by atoms with Crippen molar-refractivity contribution in [3.8, 4) is 0 Å². The Morgan fingerprint density at radius 1 is 1.27 bits per heavy atom. The van der Waals surface area contributed by atoms with Gasteiger partial charge in [-0.3, -0.25) is 0 Å². The van der Waals surface area contributed by atoms with Crippen LogP contribution < -0.4 is 4.90 Å². The van der Waals surface area contributed by atoms with Gasteiger partial charge in [0.2, 0.25) is 5.95 Å². The van der Waals surface area contributed by atoms with E-state index in [2.05, 4.69) is 71.6 Å². The van der Waals surface area contributed by atoms with Crippen LogP contribution in [0.2, 0.25) is 0 Å². The standard InChI is InChI=1S/C21H25N3OS/c1-3-26(4-2)17-10-11-18-19(14-17)23-21(22-18)24-12-13-25-20(15-24)16-8-6-5-7-9-16/h3,5-11,14,20H,4,12-13,15H2,1-2H3,(H,22,23). The van der Waals surface area contributed by atoms with E-state index in [4.69, 9.17) is 9.72 Å². The van der Waals surface area contributed by atoms with E-state index in [0.717, 1.165) is 35.8 Å². The quantitative estimate of drug-likeness (QED) is 0.685. The van der Waals surface area contributed by atoms with E-state index in [0.29, 0.717) is 6.61 Å². The summed E-state index contributed by atoms with van der Waals surface area (Å²) in [5, 5.41) is 2.30. The molecule has 1 aliphatic heterocycles. The van der Waals surface area contributed by atoms with Gasteiger partial charge >= 0.3 is 0 Å². The van der Waals surface area contributed by atoms with Crippen LogP contribution in [0.5, 0.6) is 0 Å². The van der Waals surface area contributed by atoms with Crippen molar-refractivity contribution >= 4 is 32.8 Å². The summed E-state index contributed by atoms with van der Waals surface area (Å²) in [7, 11) is 0.210. The Morgan fingerprint density at radius 3 is 2.88 bits per heavy atom. The van der Waals surface area contributed by atoms with Crippen molar-refractivity contribution in [3.05, 3.63) is 54.1 Å². The largest absolute Gasteiger partial charge is 0.370 e. The molecule has 4 nitrogen and oxygen atoms in total. The number of aromatic amines is 1. The number of benzene rings is 2. The van der Waals surface area contributed by atoms with Crippen LogP contribution in [0.25, 0.3) is 11.0 Å². The summed E-state index contributed by atoms with van der Waals surface area (Å²) in [5.41, 5.74) is 3.37. The summed E-state index contributed by atoms with van der Waals surface area (Å²) < 4.78 is 5.98. The smallest absolute Gasteiger partial charge is 0.204 e. The van der Waals surface area contributed by atoms with Crippen molar-refractivity contribution in [3.63, 3.8) is 0 Å². The maximum atomic E-state index is 5.98. The molecule has 1 saturated heterocycles. The lowest BCUT2D eigenvalue weighted by Gasteiger charge is -2.32. The van der Waals surface area contributed by atoms with Crippen molar-refractivity contribution in [1.82, 2.24) is 9.97 Å². The Bertz CT molecular complexity index is 919. The second kappa shape index (κ2) is 7.64. The molecule has 136 valence electrons. The first-order valence-corrected chi connectivity index (χ1v) is 10.6. The average Bonchev–Trinajstić information content (AvgIpc) is 3.13. The number of imidazole rings is 1. The highest BCUT2D eigenvalue weighted by molar-refractivity contribution is 8.15. The summed E-state index contributed by atoms with van der Waals surface area (Å²) >= 11 is 0. The van der Waals surface area contributed by atoms with Gasteiger partial charge in [-0.15, -0.1) is 0 Å². The van der Waals surface area contributed by atoms with Crippen LogP contribution in [-0.4, -0.2) is 40.8 Å². The molecule has 0 radical (unpaired) electrons. The summed E-state index contributed by atoms with van der Waals surface area (Å²) in [6.45, 7) is 6.78. The predicted octanol–water partition coefficient (Wildman–Crippen LogP) is 4.61. The lowest BCUT2D eigenvalue weighted by molar-refractivity contribution is 0.0393. The number of nitrogens with one attached hydrogen (secondary N) is 1. The zero-order valence-electron chi connectivity index (χ0n) is 15.3. The molecule has 1 N–H and O–H groups in total. The second-order valence-electron chi connectivity index (χ2n) is 6.41. The third-order valence-corrected chi connectivity index (χ3v) is 6.93. The Labute approximate surface area is 157 Å². The maximum Gasteiger partial charge on any atom is 0.204 e. The number of anilines is 1. The van der Waals surface area contributed by atoms with Gasteiger partial charge in [0.1, 0.15) is 6.10 Å². The number of fused-ring (bicyclic) bond motifs is 1. The van der Waals surface area contributed by atoms with E-state index in [-0.39, 0.29) is 16.6 Å². The van der Waals surface area contributed by atoms with Crippen molar-refractivity contribution in [1.29, 1.82) is 0 Å². The first-order chi connectivity index (χ1) is 12.8. The number of hydrogen-bond acceptors (Lipinski definition) is 3. The number of ether oxygens (including phenoxy) is 1. The van der Waals surface area contributed by atoms with Gasteiger partial charge in [0.15, 0.2) is 0 Å². The molecule has 26 heavy (non-hydrogen) atoms. The average molecular weight is 368 g/mol. The molecule has 0 spiro atoms. The molecular weight excluding hydrogens is 342 g/mol. The molecule has 1 fully saturated rings. The van der Waals surface area contributed by atoms with Gasteiger partial charge in [0.05, 0.1) is 24.2 Å². The van der Waals surface area contributed by atoms with E-state index in [9.17, 15) is 0 Å². The monoisotopic (exact) mass is 367 g/mol. The Balaban J connectivity index is 1.60. The minimum atomic E-state index is 0.0920. The number of morpholine rings is 1. The second-order valence-corrected chi connectivity index (χ2v) is 8.79. The predicted molar refractivity (Wildman–Crippen MR) is 112 cm³/mol. The minimum absolute atomic E-state index is 0.0920. The molecule has 2 unspecified atom stereocenters. The molecule has 1 aliphatic rings. The zero-order valence-corrected chi connectivity index (χ0v) is 16.1. The van der Waals surface area contributed by atoms with E-state index in [1.165, 1.54) is 10.5 Å². The van der Waals surface area contributed by atoms with Gasteiger partial charge in [0, 0.05) is 11.4 Å². The van der Waals surface area contributed by atoms with Crippen LogP contribution in [0, 0.1) is 0 Å². The van der Waals surface area contributed by atoms with Crippen molar-refractivity contribution in [2.45, 2.75) is 24.8 Å². The maximum absolute atomic E-state index is 5.98. The SMILES string of the molecule is C/C=S(\CC)c1ccc2nc(N3CCOC(c4ccccc4)C3)[nH]c2c1. The fourth-order valence-electron chi connectivity index (χ4n) is 3.47. The van der Waals surface area contributed by atoms with E-state index in [1.54, 1.807) is 0 Å². The molecule has 2 heterocycles. The number of rotatable bonds is 4. The molecule has 0 aliphatic carbocycles. The van der Waals surface area contributed by atoms with Gasteiger partial charge in [-0.2, -0.15) is 10.5 Å². The van der Waals surface area contributed by atoms with Crippen molar-refractivity contribution in [2.75, 3.05) is 30.3 Å². The first-order valence-electron chi connectivity index (χ1n) is 9.19. The highest BCUT2D eigenvalue weighted by Crippen LogP contribution is 2.30. The zero-order chi connectivity index (χ0) is 17.9. The van der Waals surface area contributed by atoms with Gasteiger partial charge in [-0.25, -0.2) is 4.98 Å². The van der Waals surface area contributed by atoms with Gasteiger partial charge in [-0.1, -0.05) is 42.6 Å². The molecule has 0 amide bonds. The number of aromatic nitrogens is 2. The Hall–Kier alpha value is -2.11. The summed E-state index contributed by atoms with van der Waals surface area (Å²) in [6.07, 6.45) is 0.0920. The fourth-order valence-corrected chi connectivity index (χ4v) is 4.92. The third-order valence-electron chi connectivity index (χ3n) is 4.88. The molecule has 2 aromatic carbocycles. The lowest BCUT2D eigenvalue weighted by atomic mass is 10.1. The Kier molecular flexibility index (Phi) is 5.09. The number of hydrogen-bond donors (Lipinski definition) is 1. The molecule has 0 saturated carbocycles. The van der Waals surface area contributed by atoms with Gasteiger partial charge in [-0.05, 0) is 36.4 Å². The van der Waals surface area contributed by atoms with Crippen LogP contribution in [-0.2, 0) is 4.74 Å². The van der Waals surface area contributed by atoms with Crippen LogP contribution in [0.3, 0.4) is 0 Å². The molecule has 1 aromatic heterocycles. The number of nitrogens with zero attached hydrogens (tertiary/aromatic N) is 2. The van der Waals surface area contributed by atoms with Crippen LogP contribution in [0.4, 0.5) is 5.95 Å². The summed E-state index contributed by atoms with van der Waals surface area (Å²) in [5.74, 6) is 2.09. The van der Waals surface area contributed by atoms with Crippen LogP contribution in [0.1, 0.15) is 25.5 Å². The normalized spacial score (nSPS) is 19.2. The molecule has 4 rings (SSSR count). The molecule has 2 atom stereocenters. The highest BCUT2D eigenvalue weighted by Gasteiger charge is 2.24. The van der Waals surface area contributed by atoms with E-state index in [1.807, 2.05) is 6.07 Å². The molecule has 5 heteroatoms. The minimum Gasteiger partial charge on any atom is -0.370 e. The van der Waals surface area contributed by atoms with Gasteiger partial charge < -0.3 is 14.6 Å². The van der Waals surface area contributed by atoms with Gasteiger partial charge in [0.25, 0.3) is 0 Å². The molecule has 0 bridgehead atoms. The summed E-state index contributed by atoms with van der Waals surface area (Å²) in [4.78, 5) is 12.0. The highest BCUT2D eigenvalue weighted by atomic mass is 32.2.